The third-order valence-electron chi connectivity index (χ3n) is 3.78. The lowest BCUT2D eigenvalue weighted by atomic mass is 9.81. The SMILES string of the molecule is C=C[C@@H](c1ccsc1)[C@@](C)(NC(=O)c1ccccc1)C(=O)OC. The highest BCUT2D eigenvalue weighted by atomic mass is 32.1. The van der Waals surface area contributed by atoms with Crippen molar-refractivity contribution in [1.29, 1.82) is 0 Å². The van der Waals surface area contributed by atoms with Gasteiger partial charge in [-0.2, -0.15) is 11.3 Å². The Bertz CT molecular complexity index is 682. The highest BCUT2D eigenvalue weighted by Gasteiger charge is 2.43. The number of nitrogens with one attached hydrogen (secondary N) is 1. The van der Waals surface area contributed by atoms with Gasteiger partial charge >= 0.3 is 5.97 Å². The Morgan fingerprint density at radius 2 is 2.00 bits per heavy atom. The van der Waals surface area contributed by atoms with Crippen LogP contribution in [0.1, 0.15) is 28.8 Å². The van der Waals surface area contributed by atoms with Crippen molar-refractivity contribution in [3.05, 3.63) is 70.9 Å². The van der Waals surface area contributed by atoms with E-state index in [0.717, 1.165) is 5.56 Å². The van der Waals surface area contributed by atoms with Crippen LogP contribution in [0.5, 0.6) is 0 Å². The minimum Gasteiger partial charge on any atom is -0.467 e. The van der Waals surface area contributed by atoms with Gasteiger partial charge in [-0.25, -0.2) is 4.79 Å². The van der Waals surface area contributed by atoms with Crippen LogP contribution >= 0.6 is 11.3 Å². The zero-order chi connectivity index (χ0) is 16.9. The van der Waals surface area contributed by atoms with Crippen molar-refractivity contribution in [1.82, 2.24) is 5.32 Å². The number of benzene rings is 1. The largest absolute Gasteiger partial charge is 0.467 e. The molecule has 1 aromatic carbocycles. The van der Waals surface area contributed by atoms with Crippen molar-refractivity contribution in [2.24, 2.45) is 0 Å². The van der Waals surface area contributed by atoms with Gasteiger partial charge in [0.25, 0.3) is 5.91 Å². The zero-order valence-electron chi connectivity index (χ0n) is 13.1. The van der Waals surface area contributed by atoms with Crippen LogP contribution in [0.15, 0.2) is 59.8 Å². The lowest BCUT2D eigenvalue weighted by molar-refractivity contribution is -0.148. The second kappa shape index (κ2) is 7.24. The van der Waals surface area contributed by atoms with Crippen molar-refractivity contribution in [2.45, 2.75) is 18.4 Å². The molecule has 1 heterocycles. The quantitative estimate of drug-likeness (QED) is 0.653. The van der Waals surface area contributed by atoms with Gasteiger partial charge in [-0.15, -0.1) is 6.58 Å². The number of amides is 1. The molecule has 2 atom stereocenters. The molecule has 2 aromatic rings. The first-order chi connectivity index (χ1) is 11.0. The molecule has 2 rings (SSSR count). The predicted octanol–water partition coefficient (Wildman–Crippen LogP) is 3.38. The van der Waals surface area contributed by atoms with Crippen molar-refractivity contribution < 1.29 is 14.3 Å². The molecule has 120 valence electrons. The van der Waals surface area contributed by atoms with Crippen molar-refractivity contribution in [3.8, 4) is 0 Å². The molecule has 0 spiro atoms. The van der Waals surface area contributed by atoms with Gasteiger partial charge < -0.3 is 10.1 Å². The van der Waals surface area contributed by atoms with Gasteiger partial charge in [-0.3, -0.25) is 4.79 Å². The third kappa shape index (κ3) is 3.51. The number of ether oxygens (including phenoxy) is 1. The number of esters is 1. The van der Waals surface area contributed by atoms with Gasteiger partial charge in [0.05, 0.1) is 7.11 Å². The molecule has 0 aliphatic heterocycles. The summed E-state index contributed by atoms with van der Waals surface area (Å²) in [5.74, 6) is -1.24. The first-order valence-electron chi connectivity index (χ1n) is 7.13. The number of hydrogen-bond acceptors (Lipinski definition) is 4. The minimum absolute atomic E-state index is 0.333. The van der Waals surface area contributed by atoms with E-state index < -0.39 is 17.4 Å². The molecular weight excluding hydrogens is 310 g/mol. The molecule has 1 aromatic heterocycles. The molecule has 1 N–H and O–H groups in total. The molecule has 4 nitrogen and oxygen atoms in total. The second-order valence-electron chi connectivity index (χ2n) is 5.28. The topological polar surface area (TPSA) is 55.4 Å². The Kier molecular flexibility index (Phi) is 5.34. The summed E-state index contributed by atoms with van der Waals surface area (Å²) < 4.78 is 4.93. The molecule has 0 bridgehead atoms. The van der Waals surface area contributed by atoms with Gasteiger partial charge in [-0.05, 0) is 41.4 Å². The first-order valence-corrected chi connectivity index (χ1v) is 8.08. The van der Waals surface area contributed by atoms with E-state index in [4.69, 9.17) is 4.74 Å². The van der Waals surface area contributed by atoms with E-state index in [0.29, 0.717) is 5.56 Å². The fourth-order valence-electron chi connectivity index (χ4n) is 2.52. The third-order valence-corrected chi connectivity index (χ3v) is 4.48. The summed E-state index contributed by atoms with van der Waals surface area (Å²) >= 11 is 1.52. The molecule has 0 unspecified atom stereocenters. The smallest absolute Gasteiger partial charge is 0.332 e. The van der Waals surface area contributed by atoms with E-state index in [9.17, 15) is 9.59 Å². The van der Waals surface area contributed by atoms with E-state index in [1.807, 2.05) is 22.9 Å². The van der Waals surface area contributed by atoms with Gasteiger partial charge in [0.2, 0.25) is 0 Å². The molecule has 0 fully saturated rings. The fourth-order valence-corrected chi connectivity index (χ4v) is 3.22. The first kappa shape index (κ1) is 17.0. The Balaban J connectivity index is 2.37. The Hall–Kier alpha value is -2.40. The molecule has 23 heavy (non-hydrogen) atoms. The Morgan fingerprint density at radius 3 is 2.52 bits per heavy atom. The summed E-state index contributed by atoms with van der Waals surface area (Å²) in [6, 6.07) is 10.7. The molecule has 0 saturated carbocycles. The lowest BCUT2D eigenvalue weighted by Gasteiger charge is -2.34. The summed E-state index contributed by atoms with van der Waals surface area (Å²) in [6.07, 6.45) is 1.66. The normalized spacial score (nSPS) is 14.3. The van der Waals surface area contributed by atoms with Crippen LogP contribution in [0.25, 0.3) is 0 Å². The van der Waals surface area contributed by atoms with Crippen LogP contribution in [0, 0.1) is 0 Å². The van der Waals surface area contributed by atoms with Crippen LogP contribution in [0.2, 0.25) is 0 Å². The van der Waals surface area contributed by atoms with E-state index in [2.05, 4.69) is 11.9 Å². The van der Waals surface area contributed by atoms with Crippen molar-refractivity contribution in [3.63, 3.8) is 0 Å². The Morgan fingerprint density at radius 1 is 1.30 bits per heavy atom. The van der Waals surface area contributed by atoms with Crippen LogP contribution in [0.3, 0.4) is 0 Å². The number of methoxy groups -OCH3 is 1. The number of carbonyl (C=O) groups excluding carboxylic acids is 2. The van der Waals surface area contributed by atoms with Gasteiger partial charge in [0.1, 0.15) is 5.54 Å². The predicted molar refractivity (Wildman–Crippen MR) is 91.6 cm³/mol. The highest BCUT2D eigenvalue weighted by Crippen LogP contribution is 2.32. The van der Waals surface area contributed by atoms with Crippen LogP contribution in [-0.2, 0) is 9.53 Å². The summed E-state index contributed by atoms with van der Waals surface area (Å²) in [5.41, 5.74) is 0.145. The molecule has 0 aliphatic carbocycles. The molecule has 1 amide bonds. The van der Waals surface area contributed by atoms with Crippen LogP contribution < -0.4 is 5.32 Å². The molecule has 0 radical (unpaired) electrons. The maximum atomic E-state index is 12.5. The maximum absolute atomic E-state index is 12.5. The molecule has 0 aliphatic rings. The average Bonchev–Trinajstić information content (AvgIpc) is 3.09. The van der Waals surface area contributed by atoms with Gasteiger partial charge in [0, 0.05) is 11.5 Å². The fraction of sp³-hybridized carbons (Fsp3) is 0.222. The molecule has 5 heteroatoms. The summed E-state index contributed by atoms with van der Waals surface area (Å²) in [5, 5.41) is 6.67. The summed E-state index contributed by atoms with van der Waals surface area (Å²) in [7, 11) is 1.31. The van der Waals surface area contributed by atoms with Crippen LogP contribution in [-0.4, -0.2) is 24.5 Å². The second-order valence-corrected chi connectivity index (χ2v) is 6.06. The number of hydrogen-bond donors (Lipinski definition) is 1. The van der Waals surface area contributed by atoms with Crippen molar-refractivity contribution >= 4 is 23.2 Å². The number of carbonyl (C=O) groups is 2. The molecular formula is C18H19NO3S. The standard InChI is InChI=1S/C18H19NO3S/c1-4-15(14-10-11-23-12-14)18(2,17(21)22-3)19-16(20)13-8-6-5-7-9-13/h4-12,15H,1H2,2-3H3,(H,19,20)/t15-,18+/m0/s1. The van der Waals surface area contributed by atoms with Crippen molar-refractivity contribution in [2.75, 3.05) is 7.11 Å². The van der Waals surface area contributed by atoms with E-state index in [1.54, 1.807) is 37.3 Å². The highest BCUT2D eigenvalue weighted by molar-refractivity contribution is 7.08. The lowest BCUT2D eigenvalue weighted by Crippen LogP contribution is -2.56. The Labute approximate surface area is 139 Å². The monoisotopic (exact) mass is 329 g/mol. The maximum Gasteiger partial charge on any atom is 0.332 e. The van der Waals surface area contributed by atoms with E-state index in [1.165, 1.54) is 18.4 Å². The van der Waals surface area contributed by atoms with Gasteiger partial charge in [-0.1, -0.05) is 24.3 Å². The minimum atomic E-state index is -1.25. The molecule has 0 saturated heterocycles. The number of thiophene rings is 1. The van der Waals surface area contributed by atoms with E-state index >= 15 is 0 Å². The summed E-state index contributed by atoms with van der Waals surface area (Å²) in [6.45, 7) is 5.48. The van der Waals surface area contributed by atoms with Crippen LogP contribution in [0.4, 0.5) is 0 Å². The average molecular weight is 329 g/mol. The summed E-state index contributed by atoms with van der Waals surface area (Å²) in [4.78, 5) is 24.9. The number of rotatable bonds is 6. The van der Waals surface area contributed by atoms with Gasteiger partial charge in [0.15, 0.2) is 0 Å². The zero-order valence-corrected chi connectivity index (χ0v) is 13.9. The van der Waals surface area contributed by atoms with E-state index in [-0.39, 0.29) is 5.91 Å².